The van der Waals surface area contributed by atoms with E-state index in [-0.39, 0.29) is 11.5 Å². The molecule has 4 aromatic rings. The van der Waals surface area contributed by atoms with Crippen LogP contribution in [0, 0.1) is 25.2 Å². The predicted octanol–water partition coefficient (Wildman–Crippen LogP) is 7.12. The zero-order valence-corrected chi connectivity index (χ0v) is 24.3. The number of benzene rings is 4. The maximum absolute atomic E-state index is 12.5. The van der Waals surface area contributed by atoms with E-state index in [1.165, 1.54) is 11.6 Å². The Bertz CT molecular complexity index is 1730. The standard InChI is InChI=1S/C36H32N2O5/c1-4-40-33-19-27(14-17-31(33)41-22-26-11-7-24(3)8-12-26)35-29-16-15-28(20-32(29)43-36(38)30(35)21-37)42-34(39)18-13-25-9-5-23(2)6-10-25/h5-20,35H,4,22,38H2,1-3H3/b18-13+. The van der Waals surface area contributed by atoms with Gasteiger partial charge in [-0.25, -0.2) is 4.79 Å². The van der Waals surface area contributed by atoms with Crippen LogP contribution in [0.15, 0.2) is 102 Å². The van der Waals surface area contributed by atoms with Crippen molar-refractivity contribution in [3.63, 3.8) is 0 Å². The van der Waals surface area contributed by atoms with Gasteiger partial charge in [0.05, 0.1) is 12.5 Å². The smallest absolute Gasteiger partial charge is 0.336 e. The maximum Gasteiger partial charge on any atom is 0.336 e. The molecule has 2 N–H and O–H groups in total. The van der Waals surface area contributed by atoms with Gasteiger partial charge in [0.25, 0.3) is 0 Å². The minimum atomic E-state index is -0.531. The van der Waals surface area contributed by atoms with Gasteiger partial charge in [-0.3, -0.25) is 0 Å². The van der Waals surface area contributed by atoms with E-state index in [0.717, 1.165) is 22.3 Å². The normalized spacial score (nSPS) is 14.0. The van der Waals surface area contributed by atoms with Crippen molar-refractivity contribution in [2.75, 3.05) is 6.61 Å². The van der Waals surface area contributed by atoms with Gasteiger partial charge in [0.1, 0.15) is 29.7 Å². The van der Waals surface area contributed by atoms with Crippen molar-refractivity contribution in [1.82, 2.24) is 0 Å². The third kappa shape index (κ3) is 6.88. The molecule has 1 unspecified atom stereocenters. The third-order valence-electron chi connectivity index (χ3n) is 7.01. The Morgan fingerprint density at radius 2 is 1.65 bits per heavy atom. The predicted molar refractivity (Wildman–Crippen MR) is 165 cm³/mol. The number of rotatable bonds is 9. The number of ether oxygens (including phenoxy) is 4. The van der Waals surface area contributed by atoms with E-state index in [4.69, 9.17) is 24.7 Å². The lowest BCUT2D eigenvalue weighted by Crippen LogP contribution is -2.21. The molecule has 0 amide bonds. The molecular weight excluding hydrogens is 540 g/mol. The second kappa shape index (κ2) is 13.0. The van der Waals surface area contributed by atoms with Crippen LogP contribution in [0.25, 0.3) is 6.08 Å². The molecule has 0 saturated heterocycles. The van der Waals surface area contributed by atoms with Crippen LogP contribution in [0.1, 0.15) is 46.2 Å². The molecule has 0 radical (unpaired) electrons. The molecule has 0 bridgehead atoms. The first-order chi connectivity index (χ1) is 20.8. The Labute approximate surface area is 251 Å². The van der Waals surface area contributed by atoms with E-state index in [0.29, 0.717) is 41.8 Å². The van der Waals surface area contributed by atoms with Crippen LogP contribution in [-0.2, 0) is 11.4 Å². The Balaban J connectivity index is 1.39. The largest absolute Gasteiger partial charge is 0.490 e. The van der Waals surface area contributed by atoms with Crippen LogP contribution >= 0.6 is 0 Å². The van der Waals surface area contributed by atoms with Crippen LogP contribution in [-0.4, -0.2) is 12.6 Å². The summed E-state index contributed by atoms with van der Waals surface area (Å²) in [5.74, 6) is 0.769. The second-order valence-corrected chi connectivity index (χ2v) is 10.2. The molecule has 0 aromatic heterocycles. The van der Waals surface area contributed by atoms with Crippen LogP contribution in [0.2, 0.25) is 0 Å². The monoisotopic (exact) mass is 572 g/mol. The van der Waals surface area contributed by atoms with Crippen molar-refractivity contribution in [2.24, 2.45) is 5.73 Å². The molecule has 7 nitrogen and oxygen atoms in total. The van der Waals surface area contributed by atoms with Gasteiger partial charge in [0.15, 0.2) is 11.5 Å². The Morgan fingerprint density at radius 1 is 0.930 bits per heavy atom. The van der Waals surface area contributed by atoms with Crippen LogP contribution < -0.4 is 24.7 Å². The number of aryl methyl sites for hydroxylation is 2. The molecule has 43 heavy (non-hydrogen) atoms. The minimum Gasteiger partial charge on any atom is -0.490 e. The summed E-state index contributed by atoms with van der Waals surface area (Å²) in [4.78, 5) is 12.5. The topological polar surface area (TPSA) is 104 Å². The van der Waals surface area contributed by atoms with Crippen LogP contribution in [0.3, 0.4) is 0 Å². The number of esters is 1. The second-order valence-electron chi connectivity index (χ2n) is 10.2. The lowest BCUT2D eigenvalue weighted by Gasteiger charge is -2.27. The first-order valence-corrected chi connectivity index (χ1v) is 14.0. The lowest BCUT2D eigenvalue weighted by atomic mass is 9.83. The zero-order chi connectivity index (χ0) is 30.3. The molecule has 1 aliphatic heterocycles. The number of carbonyl (C=O) groups is 1. The van der Waals surface area contributed by atoms with E-state index in [1.807, 2.05) is 87.5 Å². The number of hydrogen-bond acceptors (Lipinski definition) is 7. The summed E-state index contributed by atoms with van der Waals surface area (Å²) in [5.41, 5.74) is 12.2. The summed E-state index contributed by atoms with van der Waals surface area (Å²) in [6.07, 6.45) is 3.06. The summed E-state index contributed by atoms with van der Waals surface area (Å²) < 4.78 is 23.4. The molecule has 5 rings (SSSR count). The highest BCUT2D eigenvalue weighted by molar-refractivity contribution is 5.88. The number of nitriles is 1. The molecule has 1 aliphatic rings. The number of nitrogens with zero attached hydrogens (tertiary/aromatic N) is 1. The highest BCUT2D eigenvalue weighted by atomic mass is 16.5. The quantitative estimate of drug-likeness (QED) is 0.129. The molecule has 1 heterocycles. The fourth-order valence-electron chi connectivity index (χ4n) is 4.77. The first kappa shape index (κ1) is 29.0. The van der Waals surface area contributed by atoms with Crippen molar-refractivity contribution in [1.29, 1.82) is 5.26 Å². The molecule has 7 heteroatoms. The van der Waals surface area contributed by atoms with Crippen molar-refractivity contribution >= 4 is 12.0 Å². The highest BCUT2D eigenvalue weighted by Crippen LogP contribution is 2.45. The molecule has 0 saturated carbocycles. The summed E-state index contributed by atoms with van der Waals surface area (Å²) >= 11 is 0. The summed E-state index contributed by atoms with van der Waals surface area (Å²) in [5, 5.41) is 10.0. The van der Waals surface area contributed by atoms with Crippen molar-refractivity contribution in [3.05, 3.63) is 136 Å². The molecule has 1 atom stereocenters. The maximum atomic E-state index is 12.5. The lowest BCUT2D eigenvalue weighted by molar-refractivity contribution is -0.128. The Hall–Kier alpha value is -5.48. The molecule has 0 spiro atoms. The minimum absolute atomic E-state index is 0.0135. The average Bonchev–Trinajstić information content (AvgIpc) is 3.00. The fraction of sp³-hybridized carbons (Fsp3) is 0.167. The van der Waals surface area contributed by atoms with Gasteiger partial charge in [0.2, 0.25) is 5.88 Å². The van der Waals surface area contributed by atoms with E-state index < -0.39 is 11.9 Å². The summed E-state index contributed by atoms with van der Waals surface area (Å²) in [6.45, 7) is 6.77. The van der Waals surface area contributed by atoms with Crippen molar-refractivity contribution in [2.45, 2.75) is 33.3 Å². The SMILES string of the molecule is CCOc1cc(C2C(C#N)=C(N)Oc3cc(OC(=O)/C=C/c4ccc(C)cc4)ccc32)ccc1OCc1ccc(C)cc1. The third-order valence-corrected chi connectivity index (χ3v) is 7.01. The molecular formula is C36H32N2O5. The van der Waals surface area contributed by atoms with Crippen molar-refractivity contribution < 1.29 is 23.7 Å². The van der Waals surface area contributed by atoms with E-state index in [1.54, 1.807) is 24.3 Å². The van der Waals surface area contributed by atoms with Gasteiger partial charge in [-0.2, -0.15) is 5.26 Å². The highest BCUT2D eigenvalue weighted by Gasteiger charge is 2.31. The van der Waals surface area contributed by atoms with E-state index >= 15 is 0 Å². The van der Waals surface area contributed by atoms with E-state index in [9.17, 15) is 10.1 Å². The van der Waals surface area contributed by atoms with Gasteiger partial charge in [0, 0.05) is 17.7 Å². The number of allylic oxidation sites excluding steroid dienone is 1. The number of hydrogen-bond donors (Lipinski definition) is 1. The number of fused-ring (bicyclic) bond motifs is 1. The molecule has 4 aromatic carbocycles. The van der Waals surface area contributed by atoms with E-state index in [2.05, 4.69) is 6.07 Å². The van der Waals surface area contributed by atoms with Gasteiger partial charge < -0.3 is 24.7 Å². The summed E-state index contributed by atoms with van der Waals surface area (Å²) in [7, 11) is 0. The first-order valence-electron chi connectivity index (χ1n) is 14.0. The fourth-order valence-corrected chi connectivity index (χ4v) is 4.77. The van der Waals surface area contributed by atoms with Crippen LogP contribution in [0.4, 0.5) is 0 Å². The number of nitrogens with two attached hydrogens (primary N) is 1. The van der Waals surface area contributed by atoms with Gasteiger partial charge in [-0.1, -0.05) is 71.8 Å². The van der Waals surface area contributed by atoms with Gasteiger partial charge in [-0.05, 0) is 61.7 Å². The van der Waals surface area contributed by atoms with Gasteiger partial charge in [-0.15, -0.1) is 0 Å². The number of carbonyl (C=O) groups excluding carboxylic acids is 1. The zero-order valence-electron chi connectivity index (χ0n) is 24.3. The molecule has 216 valence electrons. The Morgan fingerprint density at radius 3 is 2.35 bits per heavy atom. The Kier molecular flexibility index (Phi) is 8.78. The molecule has 0 fully saturated rings. The summed E-state index contributed by atoms with van der Waals surface area (Å²) in [6, 6.07) is 28.8. The van der Waals surface area contributed by atoms with Crippen molar-refractivity contribution in [3.8, 4) is 29.1 Å². The van der Waals surface area contributed by atoms with Crippen LogP contribution in [0.5, 0.6) is 23.0 Å². The average molecular weight is 573 g/mol. The molecule has 0 aliphatic carbocycles. The van der Waals surface area contributed by atoms with Gasteiger partial charge >= 0.3 is 5.97 Å².